The fourth-order valence-corrected chi connectivity index (χ4v) is 3.40. The van der Waals surface area contributed by atoms with Crippen LogP contribution in [0.4, 0.5) is 5.82 Å². The summed E-state index contributed by atoms with van der Waals surface area (Å²) < 4.78 is 0. The molecule has 31 heavy (non-hydrogen) atoms. The van der Waals surface area contributed by atoms with Crippen molar-refractivity contribution >= 4 is 28.4 Å². The Labute approximate surface area is 181 Å². The molecule has 2 aromatic heterocycles. The van der Waals surface area contributed by atoms with Gasteiger partial charge in [-0.25, -0.2) is 4.98 Å². The number of H-pyrrole nitrogens is 1. The Hall–Kier alpha value is -4.13. The monoisotopic (exact) mass is 411 g/mol. The van der Waals surface area contributed by atoms with Gasteiger partial charge >= 0.3 is 0 Å². The molecule has 2 heterocycles. The van der Waals surface area contributed by atoms with Crippen LogP contribution < -0.4 is 16.4 Å². The molecule has 7 heteroatoms. The van der Waals surface area contributed by atoms with Crippen LogP contribution in [0.3, 0.4) is 0 Å². The summed E-state index contributed by atoms with van der Waals surface area (Å²) in [5.41, 5.74) is 15.7. The van der Waals surface area contributed by atoms with Gasteiger partial charge in [0, 0.05) is 18.5 Å². The first-order valence-electron chi connectivity index (χ1n) is 10.0. The molecular weight excluding hydrogens is 386 g/mol. The number of nitrogens with two attached hydrogens (primary N) is 2. The van der Waals surface area contributed by atoms with E-state index in [0.29, 0.717) is 5.71 Å². The second-order valence-electron chi connectivity index (χ2n) is 7.35. The van der Waals surface area contributed by atoms with Gasteiger partial charge in [0.25, 0.3) is 0 Å². The first-order chi connectivity index (χ1) is 15.1. The minimum Gasteiger partial charge on any atom is -0.369 e. The van der Waals surface area contributed by atoms with Crippen LogP contribution in [0.15, 0.2) is 89.2 Å². The lowest BCUT2D eigenvalue weighted by atomic mass is 10.1. The topological polar surface area (TPSA) is 109 Å². The zero-order valence-corrected chi connectivity index (χ0v) is 17.4. The average Bonchev–Trinajstić information content (AvgIpc) is 3.22. The maximum absolute atomic E-state index is 5.37. The summed E-state index contributed by atoms with van der Waals surface area (Å²) in [5.74, 6) is 0.835. The van der Waals surface area contributed by atoms with Crippen LogP contribution in [0.2, 0.25) is 0 Å². The lowest BCUT2D eigenvalue weighted by molar-refractivity contribution is 0.785. The molecule has 0 saturated carbocycles. The van der Waals surface area contributed by atoms with Crippen molar-refractivity contribution in [1.29, 1.82) is 0 Å². The number of hydrogen-bond donors (Lipinski definition) is 3. The minimum absolute atomic E-state index is 0.0723. The summed E-state index contributed by atoms with van der Waals surface area (Å²) in [6, 6.07) is 25.0. The van der Waals surface area contributed by atoms with Crippen LogP contribution in [-0.4, -0.2) is 21.6 Å². The third-order valence-electron chi connectivity index (χ3n) is 4.95. The van der Waals surface area contributed by atoms with Gasteiger partial charge in [0.05, 0.1) is 23.1 Å². The Kier molecular flexibility index (Phi) is 5.93. The molecule has 0 spiro atoms. The van der Waals surface area contributed by atoms with E-state index in [9.17, 15) is 0 Å². The molecule has 0 bridgehead atoms. The predicted octanol–water partition coefficient (Wildman–Crippen LogP) is 3.77. The van der Waals surface area contributed by atoms with E-state index in [1.807, 2.05) is 31.3 Å². The van der Waals surface area contributed by atoms with Crippen molar-refractivity contribution in [3.63, 3.8) is 0 Å². The molecule has 0 fully saturated rings. The minimum atomic E-state index is -0.0723. The number of benzene rings is 2. The Morgan fingerprint density at radius 3 is 2.10 bits per heavy atom. The zero-order chi connectivity index (χ0) is 21.6. The van der Waals surface area contributed by atoms with Crippen molar-refractivity contribution < 1.29 is 0 Å². The molecule has 7 nitrogen and oxygen atoms in total. The van der Waals surface area contributed by atoms with Gasteiger partial charge in [0.15, 0.2) is 0 Å². The van der Waals surface area contributed by atoms with E-state index in [-0.39, 0.29) is 5.96 Å². The van der Waals surface area contributed by atoms with Gasteiger partial charge in [-0.2, -0.15) is 5.10 Å². The molecule has 5 N–H and O–H groups in total. The SMILES string of the molecule is C/C(=N\N=C(N)N)c1cc2cc(N(Cc3ccccc3)Cc3ccccc3)ncc2[nH]1. The number of rotatable bonds is 7. The fraction of sp³-hybridized carbons (Fsp3) is 0.125. The van der Waals surface area contributed by atoms with Gasteiger partial charge < -0.3 is 21.4 Å². The molecule has 0 saturated heterocycles. The van der Waals surface area contributed by atoms with Gasteiger partial charge in [0.2, 0.25) is 5.96 Å². The number of hydrogen-bond acceptors (Lipinski definition) is 4. The average molecular weight is 412 g/mol. The number of guanidine groups is 1. The highest BCUT2D eigenvalue weighted by Gasteiger charge is 2.12. The van der Waals surface area contributed by atoms with E-state index in [0.717, 1.165) is 35.5 Å². The Morgan fingerprint density at radius 2 is 1.52 bits per heavy atom. The van der Waals surface area contributed by atoms with Crippen molar-refractivity contribution in [3.8, 4) is 0 Å². The third kappa shape index (κ3) is 5.08. The van der Waals surface area contributed by atoms with Crippen LogP contribution >= 0.6 is 0 Å². The highest BCUT2D eigenvalue weighted by Crippen LogP contribution is 2.24. The van der Waals surface area contributed by atoms with Crippen molar-refractivity contribution in [3.05, 3.63) is 95.8 Å². The smallest absolute Gasteiger partial charge is 0.211 e. The summed E-state index contributed by atoms with van der Waals surface area (Å²) in [4.78, 5) is 10.3. The first kappa shape index (κ1) is 20.2. The van der Waals surface area contributed by atoms with Crippen molar-refractivity contribution in [2.24, 2.45) is 21.7 Å². The van der Waals surface area contributed by atoms with Crippen LogP contribution in [0.25, 0.3) is 10.9 Å². The Bertz CT molecular complexity index is 1170. The molecule has 0 radical (unpaired) electrons. The van der Waals surface area contributed by atoms with E-state index in [2.05, 4.69) is 74.7 Å². The van der Waals surface area contributed by atoms with Crippen LogP contribution in [0.5, 0.6) is 0 Å². The molecule has 4 rings (SSSR count). The molecule has 0 unspecified atom stereocenters. The van der Waals surface area contributed by atoms with Gasteiger partial charge in [-0.3, -0.25) is 0 Å². The number of aromatic nitrogens is 2. The number of pyridine rings is 1. The fourth-order valence-electron chi connectivity index (χ4n) is 3.40. The molecule has 156 valence electrons. The van der Waals surface area contributed by atoms with E-state index in [1.165, 1.54) is 11.1 Å². The quantitative estimate of drug-likeness (QED) is 0.244. The summed E-state index contributed by atoms with van der Waals surface area (Å²) in [7, 11) is 0. The number of fused-ring (bicyclic) bond motifs is 1. The molecule has 4 aromatic rings. The molecular formula is C24H25N7. The molecule has 0 amide bonds. The zero-order valence-electron chi connectivity index (χ0n) is 17.4. The van der Waals surface area contributed by atoms with Crippen molar-refractivity contribution in [2.75, 3.05) is 4.90 Å². The van der Waals surface area contributed by atoms with E-state index < -0.39 is 0 Å². The highest BCUT2D eigenvalue weighted by atomic mass is 15.3. The van der Waals surface area contributed by atoms with Gasteiger partial charge in [-0.05, 0) is 30.2 Å². The highest BCUT2D eigenvalue weighted by molar-refractivity contribution is 6.01. The second-order valence-corrected chi connectivity index (χ2v) is 7.35. The first-order valence-corrected chi connectivity index (χ1v) is 10.0. The molecule has 0 aliphatic heterocycles. The largest absolute Gasteiger partial charge is 0.369 e. The third-order valence-corrected chi connectivity index (χ3v) is 4.95. The van der Waals surface area contributed by atoms with E-state index in [1.54, 1.807) is 0 Å². The summed E-state index contributed by atoms with van der Waals surface area (Å²) in [5, 5.41) is 8.82. The number of nitrogens with one attached hydrogen (secondary N) is 1. The summed E-state index contributed by atoms with van der Waals surface area (Å²) in [6.07, 6.45) is 1.85. The standard InChI is InChI=1S/C24H25N7/c1-17(29-30-24(25)26)21-12-20-13-23(27-14-22(20)28-21)31(15-18-8-4-2-5-9-18)16-19-10-6-3-7-11-19/h2-14,28H,15-16H2,1H3,(H4,25,26,30)/b29-17+. The van der Waals surface area contributed by atoms with Crippen molar-refractivity contribution in [2.45, 2.75) is 20.0 Å². The predicted molar refractivity (Wildman–Crippen MR) is 127 cm³/mol. The van der Waals surface area contributed by atoms with Gasteiger partial charge in [-0.15, -0.1) is 5.10 Å². The molecule has 0 atom stereocenters. The number of aromatic amines is 1. The lowest BCUT2D eigenvalue weighted by Gasteiger charge is -2.24. The van der Waals surface area contributed by atoms with Gasteiger partial charge in [0.1, 0.15) is 5.82 Å². The van der Waals surface area contributed by atoms with Crippen LogP contribution in [0.1, 0.15) is 23.7 Å². The number of nitrogens with zero attached hydrogens (tertiary/aromatic N) is 4. The summed E-state index contributed by atoms with van der Waals surface area (Å²) in [6.45, 7) is 3.37. The number of anilines is 1. The van der Waals surface area contributed by atoms with Crippen molar-refractivity contribution in [1.82, 2.24) is 9.97 Å². The normalized spacial score (nSPS) is 11.5. The van der Waals surface area contributed by atoms with E-state index >= 15 is 0 Å². The Morgan fingerprint density at radius 1 is 0.903 bits per heavy atom. The molecule has 0 aliphatic carbocycles. The summed E-state index contributed by atoms with van der Waals surface area (Å²) >= 11 is 0. The van der Waals surface area contributed by atoms with Crippen LogP contribution in [0, 0.1) is 0 Å². The van der Waals surface area contributed by atoms with E-state index in [4.69, 9.17) is 16.5 Å². The maximum atomic E-state index is 5.37. The lowest BCUT2D eigenvalue weighted by Crippen LogP contribution is -2.23. The molecule has 0 aliphatic rings. The Balaban J connectivity index is 1.67. The maximum Gasteiger partial charge on any atom is 0.211 e. The van der Waals surface area contributed by atoms with Crippen LogP contribution in [-0.2, 0) is 13.1 Å². The van der Waals surface area contributed by atoms with Gasteiger partial charge in [-0.1, -0.05) is 60.7 Å². The second kappa shape index (κ2) is 9.13. The molecule has 2 aromatic carbocycles.